The van der Waals surface area contributed by atoms with Crippen molar-refractivity contribution in [2.75, 3.05) is 18.8 Å². The largest absolute Gasteiger partial charge is 0.384 e. The Morgan fingerprint density at radius 1 is 1.40 bits per heavy atom. The van der Waals surface area contributed by atoms with Crippen LogP contribution in [0.3, 0.4) is 0 Å². The maximum absolute atomic E-state index is 12.4. The van der Waals surface area contributed by atoms with Gasteiger partial charge in [0, 0.05) is 19.2 Å². The predicted molar refractivity (Wildman–Crippen MR) is 77.9 cm³/mol. The number of carbonyl (C=O) groups is 1. The molecule has 2 atom stereocenters. The minimum absolute atomic E-state index is 0.131. The zero-order valence-electron chi connectivity index (χ0n) is 12.2. The molecule has 2 N–H and O–H groups in total. The van der Waals surface area contributed by atoms with E-state index in [9.17, 15) is 4.79 Å². The van der Waals surface area contributed by atoms with Gasteiger partial charge in [-0.05, 0) is 38.5 Å². The molecule has 20 heavy (non-hydrogen) atoms. The van der Waals surface area contributed by atoms with Crippen LogP contribution in [0.15, 0.2) is 17.7 Å². The lowest BCUT2D eigenvalue weighted by Gasteiger charge is -2.21. The third-order valence-electron chi connectivity index (χ3n) is 4.50. The van der Waals surface area contributed by atoms with Gasteiger partial charge in [-0.1, -0.05) is 11.6 Å². The summed E-state index contributed by atoms with van der Waals surface area (Å²) < 4.78 is 1.60. The van der Waals surface area contributed by atoms with Gasteiger partial charge in [0.05, 0.1) is 5.69 Å². The van der Waals surface area contributed by atoms with E-state index in [1.807, 2.05) is 11.8 Å². The van der Waals surface area contributed by atoms with Crippen molar-refractivity contribution in [3.8, 4) is 0 Å². The highest BCUT2D eigenvalue weighted by molar-refractivity contribution is 5.76. The molecule has 0 saturated carbocycles. The van der Waals surface area contributed by atoms with Crippen molar-refractivity contribution in [2.24, 2.45) is 11.8 Å². The Hall–Kier alpha value is -1.78. The fourth-order valence-corrected chi connectivity index (χ4v) is 3.41. The smallest absolute Gasteiger partial charge is 0.244 e. The number of aryl methyl sites for hydroxylation is 1. The first-order valence-corrected chi connectivity index (χ1v) is 7.26. The highest BCUT2D eigenvalue weighted by Crippen LogP contribution is 2.35. The van der Waals surface area contributed by atoms with Crippen molar-refractivity contribution in [3.05, 3.63) is 23.4 Å². The second-order valence-electron chi connectivity index (χ2n) is 6.18. The van der Waals surface area contributed by atoms with Crippen LogP contribution >= 0.6 is 0 Å². The van der Waals surface area contributed by atoms with E-state index in [0.717, 1.165) is 31.6 Å². The van der Waals surface area contributed by atoms with Crippen LogP contribution in [0.1, 0.15) is 25.5 Å². The van der Waals surface area contributed by atoms with E-state index >= 15 is 0 Å². The summed E-state index contributed by atoms with van der Waals surface area (Å²) in [5, 5.41) is 4.26. The molecule has 5 nitrogen and oxygen atoms in total. The number of carbonyl (C=O) groups excluding carboxylic acids is 1. The highest BCUT2D eigenvalue weighted by Gasteiger charge is 2.36. The monoisotopic (exact) mass is 274 g/mol. The van der Waals surface area contributed by atoms with Crippen LogP contribution in [0.25, 0.3) is 0 Å². The lowest BCUT2D eigenvalue weighted by molar-refractivity contribution is -0.131. The normalized spacial score (nSPS) is 25.5. The van der Waals surface area contributed by atoms with E-state index in [4.69, 9.17) is 5.73 Å². The van der Waals surface area contributed by atoms with Crippen molar-refractivity contribution in [2.45, 2.75) is 33.2 Å². The first kappa shape index (κ1) is 13.2. The van der Waals surface area contributed by atoms with Gasteiger partial charge in [-0.15, -0.1) is 0 Å². The summed E-state index contributed by atoms with van der Waals surface area (Å²) in [5.41, 5.74) is 8.16. The van der Waals surface area contributed by atoms with Gasteiger partial charge in [0.2, 0.25) is 5.91 Å². The molecule has 1 saturated heterocycles. The maximum Gasteiger partial charge on any atom is 0.244 e. The lowest BCUT2D eigenvalue weighted by atomic mass is 9.83. The molecule has 0 spiro atoms. The minimum atomic E-state index is 0.131. The van der Waals surface area contributed by atoms with Crippen LogP contribution < -0.4 is 5.73 Å². The fraction of sp³-hybridized carbons (Fsp3) is 0.600. The van der Waals surface area contributed by atoms with Gasteiger partial charge in [-0.3, -0.25) is 4.79 Å². The van der Waals surface area contributed by atoms with E-state index < -0.39 is 0 Å². The predicted octanol–water partition coefficient (Wildman–Crippen LogP) is 1.59. The van der Waals surface area contributed by atoms with Crippen molar-refractivity contribution in [3.63, 3.8) is 0 Å². The van der Waals surface area contributed by atoms with Crippen LogP contribution in [0.4, 0.5) is 5.82 Å². The Kier molecular flexibility index (Phi) is 3.28. The molecular weight excluding hydrogens is 252 g/mol. The Labute approximate surface area is 119 Å². The van der Waals surface area contributed by atoms with Crippen LogP contribution in [0.5, 0.6) is 0 Å². The van der Waals surface area contributed by atoms with Gasteiger partial charge < -0.3 is 10.6 Å². The summed E-state index contributed by atoms with van der Waals surface area (Å²) in [7, 11) is 0. The van der Waals surface area contributed by atoms with Gasteiger partial charge in [0.15, 0.2) is 0 Å². The summed E-state index contributed by atoms with van der Waals surface area (Å²) in [4.78, 5) is 14.4. The lowest BCUT2D eigenvalue weighted by Crippen LogP contribution is -2.32. The molecule has 1 aliphatic carbocycles. The number of nitrogen functional groups attached to an aromatic ring is 1. The first-order valence-electron chi connectivity index (χ1n) is 7.26. The summed E-state index contributed by atoms with van der Waals surface area (Å²) in [5.74, 6) is 1.97. The van der Waals surface area contributed by atoms with Crippen LogP contribution in [0.2, 0.25) is 0 Å². The molecule has 3 rings (SSSR count). The number of rotatable bonds is 2. The summed E-state index contributed by atoms with van der Waals surface area (Å²) in [6.45, 7) is 6.10. The number of likely N-dealkylation sites (tertiary alicyclic amines) is 1. The van der Waals surface area contributed by atoms with E-state index in [1.54, 1.807) is 10.7 Å². The van der Waals surface area contributed by atoms with Crippen molar-refractivity contribution in [1.29, 1.82) is 0 Å². The van der Waals surface area contributed by atoms with Gasteiger partial charge in [0.25, 0.3) is 0 Å². The Morgan fingerprint density at radius 2 is 2.15 bits per heavy atom. The number of nitrogens with two attached hydrogens (primary N) is 1. The van der Waals surface area contributed by atoms with E-state index in [0.29, 0.717) is 17.7 Å². The molecule has 1 fully saturated rings. The SMILES string of the molecule is CC1=CC[C@H]2CN(C(=O)Cn3nc(C)cc3N)C[C@H]2C1. The summed E-state index contributed by atoms with van der Waals surface area (Å²) in [6.07, 6.45) is 4.57. The maximum atomic E-state index is 12.4. The number of allylic oxidation sites excluding steroid dienone is 2. The van der Waals surface area contributed by atoms with E-state index in [1.165, 1.54) is 5.57 Å². The van der Waals surface area contributed by atoms with Crippen LogP contribution in [-0.4, -0.2) is 33.7 Å². The van der Waals surface area contributed by atoms with Gasteiger partial charge in [0.1, 0.15) is 12.4 Å². The molecule has 0 unspecified atom stereocenters. The van der Waals surface area contributed by atoms with Crippen molar-refractivity contribution >= 4 is 11.7 Å². The second-order valence-corrected chi connectivity index (χ2v) is 6.18. The van der Waals surface area contributed by atoms with Gasteiger partial charge >= 0.3 is 0 Å². The highest BCUT2D eigenvalue weighted by atomic mass is 16.2. The number of nitrogens with zero attached hydrogens (tertiary/aromatic N) is 3. The van der Waals surface area contributed by atoms with Crippen LogP contribution in [0, 0.1) is 18.8 Å². The summed E-state index contributed by atoms with van der Waals surface area (Å²) >= 11 is 0. The molecular formula is C15H22N4O. The standard InChI is InChI=1S/C15H22N4O/c1-10-3-4-12-7-18(8-13(12)5-10)15(20)9-19-14(16)6-11(2)17-19/h3,6,12-13H,4-5,7-9,16H2,1-2H3/t12-,13+/m0/s1. The summed E-state index contributed by atoms with van der Waals surface area (Å²) in [6, 6.07) is 1.80. The third kappa shape index (κ3) is 2.44. The van der Waals surface area contributed by atoms with E-state index in [2.05, 4.69) is 18.1 Å². The number of amides is 1. The number of hydrogen-bond acceptors (Lipinski definition) is 3. The zero-order chi connectivity index (χ0) is 14.3. The quantitative estimate of drug-likeness (QED) is 0.833. The fourth-order valence-electron chi connectivity index (χ4n) is 3.41. The molecule has 1 aliphatic heterocycles. The molecule has 1 amide bonds. The second kappa shape index (κ2) is 4.96. The average molecular weight is 274 g/mol. The molecule has 0 radical (unpaired) electrons. The molecule has 1 aromatic heterocycles. The molecule has 108 valence electrons. The van der Waals surface area contributed by atoms with E-state index in [-0.39, 0.29) is 12.5 Å². The number of fused-ring (bicyclic) bond motifs is 1. The van der Waals surface area contributed by atoms with Gasteiger partial charge in [-0.2, -0.15) is 5.10 Å². The average Bonchev–Trinajstić information content (AvgIpc) is 2.92. The number of hydrogen-bond donors (Lipinski definition) is 1. The molecule has 0 aromatic carbocycles. The molecule has 2 aliphatic rings. The molecule has 2 heterocycles. The number of anilines is 1. The van der Waals surface area contributed by atoms with Crippen molar-refractivity contribution in [1.82, 2.24) is 14.7 Å². The Balaban J connectivity index is 1.64. The number of aromatic nitrogens is 2. The van der Waals surface area contributed by atoms with Gasteiger partial charge in [-0.25, -0.2) is 4.68 Å². The first-order chi connectivity index (χ1) is 9.52. The third-order valence-corrected chi connectivity index (χ3v) is 4.50. The van der Waals surface area contributed by atoms with Crippen LogP contribution in [-0.2, 0) is 11.3 Å². The minimum Gasteiger partial charge on any atom is -0.384 e. The topological polar surface area (TPSA) is 64.2 Å². The molecule has 0 bridgehead atoms. The Bertz CT molecular complexity index is 560. The molecule has 1 aromatic rings. The molecule has 5 heteroatoms. The van der Waals surface area contributed by atoms with Crippen molar-refractivity contribution < 1.29 is 4.79 Å². The Morgan fingerprint density at radius 3 is 2.85 bits per heavy atom. The zero-order valence-corrected chi connectivity index (χ0v) is 12.2.